The van der Waals surface area contributed by atoms with Gasteiger partial charge in [0.15, 0.2) is 0 Å². The molecule has 2 aromatic rings. The number of nitrogens with two attached hydrogens (primary N) is 1. The minimum atomic E-state index is -0.232. The fourth-order valence-corrected chi connectivity index (χ4v) is 2.61. The molecule has 1 unspecified atom stereocenters. The highest BCUT2D eigenvalue weighted by Crippen LogP contribution is 2.28. The van der Waals surface area contributed by atoms with Gasteiger partial charge in [-0.1, -0.05) is 26.0 Å². The molecule has 21 heavy (non-hydrogen) atoms. The van der Waals surface area contributed by atoms with Gasteiger partial charge in [-0.05, 0) is 37.6 Å². The van der Waals surface area contributed by atoms with Crippen LogP contribution in [0.2, 0.25) is 0 Å². The van der Waals surface area contributed by atoms with Crippen molar-refractivity contribution in [3.05, 3.63) is 53.1 Å². The average molecular weight is 289 g/mol. The summed E-state index contributed by atoms with van der Waals surface area (Å²) in [6, 6.07) is 8.64. The Bertz CT molecular complexity index is 599. The van der Waals surface area contributed by atoms with E-state index in [1.807, 2.05) is 23.7 Å². The monoisotopic (exact) mass is 289 g/mol. The third kappa shape index (κ3) is 3.32. The summed E-state index contributed by atoms with van der Waals surface area (Å²) in [6.07, 6.45) is 0.749. The molecule has 3 nitrogen and oxygen atoms in total. The molecule has 1 atom stereocenters. The number of hydrogen-bond donors (Lipinski definition) is 1. The second-order valence-electron chi connectivity index (χ2n) is 6.13. The maximum atomic E-state index is 13.1. The number of benzene rings is 1. The summed E-state index contributed by atoms with van der Waals surface area (Å²) in [5.74, 6) is -0.220. The molecule has 0 amide bonds. The van der Waals surface area contributed by atoms with Crippen LogP contribution < -0.4 is 5.73 Å². The highest BCUT2D eigenvalue weighted by Gasteiger charge is 2.29. The molecule has 0 aliphatic heterocycles. The van der Waals surface area contributed by atoms with E-state index in [9.17, 15) is 4.39 Å². The molecule has 114 valence electrons. The molecule has 0 bridgehead atoms. The van der Waals surface area contributed by atoms with Crippen molar-refractivity contribution in [1.82, 2.24) is 9.78 Å². The van der Waals surface area contributed by atoms with Crippen LogP contribution in [0.15, 0.2) is 30.3 Å². The van der Waals surface area contributed by atoms with E-state index in [0.717, 1.165) is 29.9 Å². The fourth-order valence-electron chi connectivity index (χ4n) is 2.61. The van der Waals surface area contributed by atoms with E-state index >= 15 is 0 Å². The lowest BCUT2D eigenvalue weighted by atomic mass is 9.76. The third-order valence-corrected chi connectivity index (χ3v) is 4.23. The van der Waals surface area contributed by atoms with Gasteiger partial charge < -0.3 is 5.73 Å². The Hall–Kier alpha value is -1.68. The Labute approximate surface area is 126 Å². The Kier molecular flexibility index (Phi) is 4.47. The van der Waals surface area contributed by atoms with Crippen LogP contribution in [0, 0.1) is 12.7 Å². The average Bonchev–Trinajstić information content (AvgIpc) is 2.79. The SMILES string of the molecule is CCn1nc(C)cc1CC(N)C(C)(C)c1ccc(F)cc1. The summed E-state index contributed by atoms with van der Waals surface area (Å²) in [5.41, 5.74) is 9.43. The van der Waals surface area contributed by atoms with Gasteiger partial charge >= 0.3 is 0 Å². The minimum Gasteiger partial charge on any atom is -0.327 e. The quantitative estimate of drug-likeness (QED) is 0.918. The van der Waals surface area contributed by atoms with Crippen LogP contribution in [0.3, 0.4) is 0 Å². The van der Waals surface area contributed by atoms with Gasteiger partial charge in [0.2, 0.25) is 0 Å². The normalized spacial score (nSPS) is 13.4. The Morgan fingerprint density at radius 2 is 1.90 bits per heavy atom. The van der Waals surface area contributed by atoms with Gasteiger partial charge in [0.1, 0.15) is 5.82 Å². The first-order valence-electron chi connectivity index (χ1n) is 7.39. The van der Waals surface area contributed by atoms with Crippen molar-refractivity contribution in [1.29, 1.82) is 0 Å². The molecule has 0 radical (unpaired) electrons. The second kappa shape index (κ2) is 5.98. The lowest BCUT2D eigenvalue weighted by Crippen LogP contribution is -2.42. The van der Waals surface area contributed by atoms with Crippen LogP contribution in [0.1, 0.15) is 37.7 Å². The number of rotatable bonds is 5. The van der Waals surface area contributed by atoms with Crippen LogP contribution in [-0.2, 0) is 18.4 Å². The van der Waals surface area contributed by atoms with Gasteiger partial charge in [0, 0.05) is 30.1 Å². The molecule has 2 N–H and O–H groups in total. The number of aromatic nitrogens is 2. The second-order valence-corrected chi connectivity index (χ2v) is 6.13. The lowest BCUT2D eigenvalue weighted by Gasteiger charge is -2.32. The van der Waals surface area contributed by atoms with Gasteiger partial charge in [-0.25, -0.2) is 4.39 Å². The zero-order valence-corrected chi connectivity index (χ0v) is 13.2. The summed E-state index contributed by atoms with van der Waals surface area (Å²) in [5, 5.41) is 4.46. The smallest absolute Gasteiger partial charge is 0.123 e. The number of nitrogens with zero attached hydrogens (tertiary/aromatic N) is 2. The van der Waals surface area contributed by atoms with E-state index in [-0.39, 0.29) is 17.3 Å². The maximum Gasteiger partial charge on any atom is 0.123 e. The molecule has 2 rings (SSSR count). The molecule has 0 spiro atoms. The Morgan fingerprint density at radius 3 is 2.48 bits per heavy atom. The van der Waals surface area contributed by atoms with E-state index in [0.29, 0.717) is 0 Å². The highest BCUT2D eigenvalue weighted by atomic mass is 19.1. The first-order chi connectivity index (χ1) is 9.84. The maximum absolute atomic E-state index is 13.1. The van der Waals surface area contributed by atoms with Crippen molar-refractivity contribution in [3.8, 4) is 0 Å². The lowest BCUT2D eigenvalue weighted by molar-refractivity contribution is 0.396. The molecule has 0 fully saturated rings. The standard InChI is InChI=1S/C17H24FN3/c1-5-21-15(10-12(2)20-21)11-16(19)17(3,4)13-6-8-14(18)9-7-13/h6-10,16H,5,11,19H2,1-4H3. The van der Waals surface area contributed by atoms with E-state index in [4.69, 9.17) is 5.73 Å². The molecule has 1 heterocycles. The van der Waals surface area contributed by atoms with Crippen LogP contribution in [0.4, 0.5) is 4.39 Å². The zero-order valence-electron chi connectivity index (χ0n) is 13.2. The molecule has 1 aromatic heterocycles. The van der Waals surface area contributed by atoms with Gasteiger partial charge in [-0.3, -0.25) is 4.68 Å². The van der Waals surface area contributed by atoms with Crippen molar-refractivity contribution >= 4 is 0 Å². The summed E-state index contributed by atoms with van der Waals surface area (Å²) < 4.78 is 15.1. The van der Waals surface area contributed by atoms with Crippen LogP contribution in [0.25, 0.3) is 0 Å². The van der Waals surface area contributed by atoms with Crippen molar-refractivity contribution in [2.75, 3.05) is 0 Å². The van der Waals surface area contributed by atoms with Crippen molar-refractivity contribution in [2.45, 2.75) is 52.1 Å². The predicted octanol–water partition coefficient (Wildman–Crippen LogP) is 3.20. The fraction of sp³-hybridized carbons (Fsp3) is 0.471. The van der Waals surface area contributed by atoms with Gasteiger partial charge in [-0.15, -0.1) is 0 Å². The van der Waals surface area contributed by atoms with Crippen LogP contribution in [0.5, 0.6) is 0 Å². The molecule has 0 aliphatic carbocycles. The molecule has 4 heteroatoms. The summed E-state index contributed by atoms with van der Waals surface area (Å²) in [7, 11) is 0. The van der Waals surface area contributed by atoms with E-state index in [1.54, 1.807) is 0 Å². The van der Waals surface area contributed by atoms with E-state index < -0.39 is 0 Å². The summed E-state index contributed by atoms with van der Waals surface area (Å²) >= 11 is 0. The van der Waals surface area contributed by atoms with Crippen molar-refractivity contribution < 1.29 is 4.39 Å². The molecular weight excluding hydrogens is 265 g/mol. The van der Waals surface area contributed by atoms with E-state index in [1.165, 1.54) is 12.1 Å². The van der Waals surface area contributed by atoms with Crippen molar-refractivity contribution in [2.24, 2.45) is 5.73 Å². The van der Waals surface area contributed by atoms with Crippen LogP contribution in [-0.4, -0.2) is 15.8 Å². The van der Waals surface area contributed by atoms with Crippen molar-refractivity contribution in [3.63, 3.8) is 0 Å². The number of aryl methyl sites for hydroxylation is 2. The first-order valence-corrected chi connectivity index (χ1v) is 7.39. The predicted molar refractivity (Wildman–Crippen MR) is 83.7 cm³/mol. The Morgan fingerprint density at radius 1 is 1.29 bits per heavy atom. The third-order valence-electron chi connectivity index (χ3n) is 4.23. The van der Waals surface area contributed by atoms with Gasteiger partial charge in [0.25, 0.3) is 0 Å². The number of halogens is 1. The molecule has 0 saturated heterocycles. The first kappa shape index (κ1) is 15.7. The molecule has 1 aromatic carbocycles. The largest absolute Gasteiger partial charge is 0.327 e. The molecule has 0 aliphatic rings. The minimum absolute atomic E-state index is 0.0654. The number of hydrogen-bond acceptors (Lipinski definition) is 2. The molecular formula is C17H24FN3. The van der Waals surface area contributed by atoms with Gasteiger partial charge in [-0.2, -0.15) is 5.10 Å². The summed E-state index contributed by atoms with van der Waals surface area (Å²) in [4.78, 5) is 0. The molecule has 0 saturated carbocycles. The topological polar surface area (TPSA) is 43.8 Å². The highest BCUT2D eigenvalue weighted by molar-refractivity contribution is 5.27. The van der Waals surface area contributed by atoms with E-state index in [2.05, 4.69) is 31.9 Å². The summed E-state index contributed by atoms with van der Waals surface area (Å²) in [6.45, 7) is 9.11. The zero-order chi connectivity index (χ0) is 15.6. The van der Waals surface area contributed by atoms with Crippen LogP contribution >= 0.6 is 0 Å². The van der Waals surface area contributed by atoms with Gasteiger partial charge in [0.05, 0.1) is 5.69 Å². The Balaban J connectivity index is 2.21.